The van der Waals surface area contributed by atoms with Gasteiger partial charge in [0.2, 0.25) is 0 Å². The van der Waals surface area contributed by atoms with Crippen molar-refractivity contribution >= 4 is 0 Å². The standard InChI is InChI=1S/C14H18N4O/c1-9-6-7-12(15)14-16-13(17-18(9)14)10-4-3-5-11(8-10)19-2/h3-5,8-9,12H,6-7,15H2,1-2H3. The van der Waals surface area contributed by atoms with Crippen LogP contribution in [0.25, 0.3) is 11.4 Å². The van der Waals surface area contributed by atoms with Crippen LogP contribution in [0.2, 0.25) is 0 Å². The number of fused-ring (bicyclic) bond motifs is 1. The van der Waals surface area contributed by atoms with Gasteiger partial charge >= 0.3 is 0 Å². The molecular formula is C14H18N4O. The van der Waals surface area contributed by atoms with E-state index < -0.39 is 0 Å². The number of benzene rings is 1. The first-order valence-electron chi connectivity index (χ1n) is 6.55. The molecule has 5 heteroatoms. The van der Waals surface area contributed by atoms with E-state index in [4.69, 9.17) is 10.5 Å². The molecule has 0 amide bonds. The number of nitrogens with zero attached hydrogens (tertiary/aromatic N) is 3. The Kier molecular flexibility index (Phi) is 2.98. The summed E-state index contributed by atoms with van der Waals surface area (Å²) >= 11 is 0. The average Bonchev–Trinajstić information content (AvgIpc) is 2.89. The molecule has 3 rings (SSSR count). The molecule has 2 unspecified atom stereocenters. The van der Waals surface area contributed by atoms with Crippen LogP contribution in [0.3, 0.4) is 0 Å². The lowest BCUT2D eigenvalue weighted by Gasteiger charge is -2.23. The summed E-state index contributed by atoms with van der Waals surface area (Å²) in [7, 11) is 1.66. The van der Waals surface area contributed by atoms with Crippen molar-refractivity contribution in [1.82, 2.24) is 14.8 Å². The molecule has 1 aromatic heterocycles. The van der Waals surface area contributed by atoms with Crippen LogP contribution in [-0.2, 0) is 0 Å². The van der Waals surface area contributed by atoms with Crippen LogP contribution in [0.4, 0.5) is 0 Å². The molecule has 0 radical (unpaired) electrons. The molecule has 1 aliphatic rings. The third-order valence-electron chi connectivity index (χ3n) is 3.63. The summed E-state index contributed by atoms with van der Waals surface area (Å²) < 4.78 is 7.19. The third-order valence-corrected chi connectivity index (χ3v) is 3.63. The van der Waals surface area contributed by atoms with Gasteiger partial charge in [0.05, 0.1) is 19.2 Å². The van der Waals surface area contributed by atoms with E-state index in [0.717, 1.165) is 35.8 Å². The van der Waals surface area contributed by atoms with Gasteiger partial charge in [-0.2, -0.15) is 5.10 Å². The molecule has 2 atom stereocenters. The van der Waals surface area contributed by atoms with Crippen LogP contribution in [-0.4, -0.2) is 21.9 Å². The highest BCUT2D eigenvalue weighted by Crippen LogP contribution is 2.31. The molecule has 2 heterocycles. The Morgan fingerprint density at radius 1 is 1.37 bits per heavy atom. The van der Waals surface area contributed by atoms with E-state index >= 15 is 0 Å². The van der Waals surface area contributed by atoms with Gasteiger partial charge < -0.3 is 10.5 Å². The van der Waals surface area contributed by atoms with Crippen LogP contribution in [0.1, 0.15) is 37.7 Å². The third kappa shape index (κ3) is 2.10. The minimum Gasteiger partial charge on any atom is -0.497 e. The van der Waals surface area contributed by atoms with Crippen LogP contribution < -0.4 is 10.5 Å². The van der Waals surface area contributed by atoms with Crippen molar-refractivity contribution in [2.45, 2.75) is 31.8 Å². The van der Waals surface area contributed by atoms with E-state index in [2.05, 4.69) is 17.0 Å². The van der Waals surface area contributed by atoms with Crippen LogP contribution in [0, 0.1) is 0 Å². The Morgan fingerprint density at radius 2 is 2.21 bits per heavy atom. The average molecular weight is 258 g/mol. The molecular weight excluding hydrogens is 240 g/mol. The highest BCUT2D eigenvalue weighted by molar-refractivity contribution is 5.57. The highest BCUT2D eigenvalue weighted by Gasteiger charge is 2.26. The normalized spacial score (nSPS) is 22.1. The van der Waals surface area contributed by atoms with Gasteiger partial charge in [0.15, 0.2) is 5.82 Å². The van der Waals surface area contributed by atoms with Gasteiger partial charge in [0.25, 0.3) is 0 Å². The maximum Gasteiger partial charge on any atom is 0.181 e. The number of rotatable bonds is 2. The lowest BCUT2D eigenvalue weighted by Crippen LogP contribution is -2.25. The molecule has 0 saturated heterocycles. The number of hydrogen-bond acceptors (Lipinski definition) is 4. The van der Waals surface area contributed by atoms with Gasteiger partial charge in [-0.25, -0.2) is 9.67 Å². The van der Waals surface area contributed by atoms with Crippen molar-refractivity contribution in [2.75, 3.05) is 7.11 Å². The van der Waals surface area contributed by atoms with Crippen molar-refractivity contribution in [2.24, 2.45) is 5.73 Å². The molecule has 0 bridgehead atoms. The second-order valence-electron chi connectivity index (χ2n) is 5.00. The minimum absolute atomic E-state index is 0.0111. The molecule has 0 saturated carbocycles. The number of nitrogens with two attached hydrogens (primary N) is 1. The fraction of sp³-hybridized carbons (Fsp3) is 0.429. The zero-order valence-corrected chi connectivity index (χ0v) is 11.2. The second kappa shape index (κ2) is 4.66. The molecule has 0 aliphatic carbocycles. The summed E-state index contributed by atoms with van der Waals surface area (Å²) in [5, 5.41) is 4.60. The van der Waals surface area contributed by atoms with Gasteiger partial charge in [-0.3, -0.25) is 0 Å². The van der Waals surface area contributed by atoms with Crippen molar-refractivity contribution in [3.63, 3.8) is 0 Å². The zero-order valence-electron chi connectivity index (χ0n) is 11.2. The Balaban J connectivity index is 2.04. The van der Waals surface area contributed by atoms with E-state index in [0.29, 0.717) is 6.04 Å². The van der Waals surface area contributed by atoms with Gasteiger partial charge in [-0.1, -0.05) is 12.1 Å². The summed E-state index contributed by atoms with van der Waals surface area (Å²) in [4.78, 5) is 4.60. The topological polar surface area (TPSA) is 66.0 Å². The van der Waals surface area contributed by atoms with Crippen LogP contribution >= 0.6 is 0 Å². The number of methoxy groups -OCH3 is 1. The van der Waals surface area contributed by atoms with E-state index in [1.165, 1.54) is 0 Å². The summed E-state index contributed by atoms with van der Waals surface area (Å²) in [6, 6.07) is 8.13. The molecule has 1 aliphatic heterocycles. The number of aromatic nitrogens is 3. The molecule has 1 aromatic carbocycles. The molecule has 100 valence electrons. The summed E-state index contributed by atoms with van der Waals surface area (Å²) in [5.74, 6) is 2.41. The lowest BCUT2D eigenvalue weighted by atomic mass is 10.0. The fourth-order valence-electron chi connectivity index (χ4n) is 2.47. The quantitative estimate of drug-likeness (QED) is 0.897. The van der Waals surface area contributed by atoms with Crippen molar-refractivity contribution in [3.8, 4) is 17.1 Å². The Bertz CT molecular complexity index is 565. The predicted octanol–water partition coefficient (Wildman–Crippen LogP) is 2.31. The Labute approximate surface area is 112 Å². The molecule has 19 heavy (non-hydrogen) atoms. The first-order valence-corrected chi connectivity index (χ1v) is 6.55. The zero-order chi connectivity index (χ0) is 13.4. The second-order valence-corrected chi connectivity index (χ2v) is 5.00. The lowest BCUT2D eigenvalue weighted by molar-refractivity contribution is 0.350. The van der Waals surface area contributed by atoms with E-state index in [9.17, 15) is 0 Å². The van der Waals surface area contributed by atoms with E-state index in [1.54, 1.807) is 7.11 Å². The summed E-state index contributed by atoms with van der Waals surface area (Å²) in [6.07, 6.45) is 2.02. The first-order chi connectivity index (χ1) is 9.19. The van der Waals surface area contributed by atoms with Gasteiger partial charge in [0, 0.05) is 5.56 Å². The van der Waals surface area contributed by atoms with Gasteiger partial charge in [-0.05, 0) is 31.9 Å². The molecule has 2 aromatic rings. The number of ether oxygens (including phenoxy) is 1. The largest absolute Gasteiger partial charge is 0.497 e. The smallest absolute Gasteiger partial charge is 0.181 e. The minimum atomic E-state index is -0.0111. The van der Waals surface area contributed by atoms with Crippen LogP contribution in [0.5, 0.6) is 5.75 Å². The predicted molar refractivity (Wildman–Crippen MR) is 72.9 cm³/mol. The highest BCUT2D eigenvalue weighted by atomic mass is 16.5. The van der Waals surface area contributed by atoms with Crippen molar-refractivity contribution < 1.29 is 4.74 Å². The summed E-state index contributed by atoms with van der Waals surface area (Å²) in [5.41, 5.74) is 7.07. The molecule has 0 fully saturated rings. The Morgan fingerprint density at radius 3 is 2.95 bits per heavy atom. The maximum atomic E-state index is 6.11. The SMILES string of the molecule is COc1cccc(-c2nc3n(n2)C(C)CCC3N)c1. The Hall–Kier alpha value is -1.88. The molecule has 2 N–H and O–H groups in total. The van der Waals surface area contributed by atoms with Gasteiger partial charge in [-0.15, -0.1) is 0 Å². The van der Waals surface area contributed by atoms with Crippen LogP contribution in [0.15, 0.2) is 24.3 Å². The molecule has 0 spiro atoms. The first kappa shape index (κ1) is 12.2. The monoisotopic (exact) mass is 258 g/mol. The number of hydrogen-bond donors (Lipinski definition) is 1. The van der Waals surface area contributed by atoms with Crippen molar-refractivity contribution in [3.05, 3.63) is 30.1 Å². The maximum absolute atomic E-state index is 6.11. The van der Waals surface area contributed by atoms with E-state index in [1.807, 2.05) is 28.9 Å². The summed E-state index contributed by atoms with van der Waals surface area (Å²) in [6.45, 7) is 2.15. The van der Waals surface area contributed by atoms with Gasteiger partial charge in [0.1, 0.15) is 11.6 Å². The van der Waals surface area contributed by atoms with E-state index in [-0.39, 0.29) is 6.04 Å². The molecule has 5 nitrogen and oxygen atoms in total. The fourth-order valence-corrected chi connectivity index (χ4v) is 2.47. The van der Waals surface area contributed by atoms with Crippen molar-refractivity contribution in [1.29, 1.82) is 0 Å².